The molecule has 9 heteroatoms. The Morgan fingerprint density at radius 3 is 2.63 bits per heavy atom. The van der Waals surface area contributed by atoms with Crippen LogP contribution in [0.15, 0.2) is 60.8 Å². The van der Waals surface area contributed by atoms with Gasteiger partial charge >= 0.3 is 0 Å². The summed E-state index contributed by atoms with van der Waals surface area (Å²) in [6, 6.07) is 15.9. The second-order valence-corrected chi connectivity index (χ2v) is 8.51. The fourth-order valence-corrected chi connectivity index (χ4v) is 4.49. The van der Waals surface area contributed by atoms with E-state index in [4.69, 9.17) is 39.5 Å². The molecule has 0 radical (unpaired) electrons. The highest BCUT2D eigenvalue weighted by molar-refractivity contribution is 7.22. The molecule has 0 N–H and O–H groups in total. The van der Waals surface area contributed by atoms with Gasteiger partial charge in [-0.25, -0.2) is 4.98 Å². The van der Waals surface area contributed by atoms with Gasteiger partial charge in [-0.2, -0.15) is 0 Å². The maximum absolute atomic E-state index is 13.1. The summed E-state index contributed by atoms with van der Waals surface area (Å²) in [5, 5.41) is 1.86. The maximum atomic E-state index is 13.1. The van der Waals surface area contributed by atoms with E-state index in [1.54, 1.807) is 30.5 Å². The lowest BCUT2D eigenvalue weighted by atomic mass is 10.3. The van der Waals surface area contributed by atoms with Crippen LogP contribution in [0.2, 0.25) is 15.1 Å². The van der Waals surface area contributed by atoms with Crippen LogP contribution in [0.1, 0.15) is 5.69 Å². The van der Waals surface area contributed by atoms with Gasteiger partial charge in [0.25, 0.3) is 5.91 Å². The Bertz CT molecular complexity index is 1200. The molecular weight excluding hydrogens is 465 g/mol. The quantitative estimate of drug-likeness (QED) is 0.328. The molecule has 5 nitrogen and oxygen atoms in total. The van der Waals surface area contributed by atoms with Crippen molar-refractivity contribution >= 4 is 67.4 Å². The number of hydrogen-bond donors (Lipinski definition) is 0. The van der Waals surface area contributed by atoms with E-state index in [0.29, 0.717) is 31.5 Å². The Balaban J connectivity index is 1.62. The molecule has 0 spiro atoms. The van der Waals surface area contributed by atoms with Crippen LogP contribution in [-0.4, -0.2) is 22.5 Å². The van der Waals surface area contributed by atoms with Crippen molar-refractivity contribution in [3.63, 3.8) is 0 Å². The minimum Gasteiger partial charge on any atom is -0.482 e. The van der Waals surface area contributed by atoms with Crippen LogP contribution in [0.5, 0.6) is 5.75 Å². The Kier molecular flexibility index (Phi) is 6.39. The van der Waals surface area contributed by atoms with Crippen molar-refractivity contribution in [2.75, 3.05) is 11.5 Å². The minimum absolute atomic E-state index is 0.224. The van der Waals surface area contributed by atoms with Crippen molar-refractivity contribution < 1.29 is 9.53 Å². The number of thiazole rings is 1. The number of benzene rings is 2. The lowest BCUT2D eigenvalue weighted by Gasteiger charge is -2.20. The Hall–Kier alpha value is -2.38. The van der Waals surface area contributed by atoms with Crippen molar-refractivity contribution in [2.45, 2.75) is 6.54 Å². The first-order valence-corrected chi connectivity index (χ1v) is 10.8. The van der Waals surface area contributed by atoms with E-state index in [1.165, 1.54) is 16.2 Å². The van der Waals surface area contributed by atoms with Crippen LogP contribution < -0.4 is 9.64 Å². The molecule has 0 unspecified atom stereocenters. The summed E-state index contributed by atoms with van der Waals surface area (Å²) in [6.07, 6.45) is 1.68. The molecule has 0 saturated carbocycles. The van der Waals surface area contributed by atoms with Crippen molar-refractivity contribution in [2.24, 2.45) is 0 Å². The highest BCUT2D eigenvalue weighted by atomic mass is 35.5. The number of fused-ring (bicyclic) bond motifs is 1. The zero-order chi connectivity index (χ0) is 21.1. The smallest absolute Gasteiger partial charge is 0.267 e. The van der Waals surface area contributed by atoms with Gasteiger partial charge in [0.05, 0.1) is 27.0 Å². The van der Waals surface area contributed by atoms with Gasteiger partial charge in [0.15, 0.2) is 11.7 Å². The minimum atomic E-state index is -0.290. The molecule has 2 heterocycles. The summed E-state index contributed by atoms with van der Waals surface area (Å²) in [6.45, 7) is 0.0205. The first-order valence-electron chi connectivity index (χ1n) is 8.84. The number of anilines is 1. The number of nitrogens with zero attached hydrogens (tertiary/aromatic N) is 3. The maximum Gasteiger partial charge on any atom is 0.267 e. The molecule has 1 amide bonds. The van der Waals surface area contributed by atoms with E-state index in [0.717, 1.165) is 10.4 Å². The van der Waals surface area contributed by atoms with Crippen LogP contribution in [0.3, 0.4) is 0 Å². The van der Waals surface area contributed by atoms with Crippen LogP contribution >= 0.6 is 46.1 Å². The number of para-hydroxylation sites is 1. The molecule has 0 bridgehead atoms. The third-order valence-electron chi connectivity index (χ3n) is 4.18. The molecule has 0 aliphatic rings. The van der Waals surface area contributed by atoms with Gasteiger partial charge < -0.3 is 4.74 Å². The Labute approximate surface area is 191 Å². The molecule has 30 heavy (non-hydrogen) atoms. The summed E-state index contributed by atoms with van der Waals surface area (Å²) < 4.78 is 6.53. The van der Waals surface area contributed by atoms with Gasteiger partial charge in [-0.3, -0.25) is 14.7 Å². The van der Waals surface area contributed by atoms with Crippen LogP contribution in [0.4, 0.5) is 5.13 Å². The lowest BCUT2D eigenvalue weighted by Crippen LogP contribution is -2.34. The monoisotopic (exact) mass is 477 g/mol. The molecule has 0 atom stereocenters. The van der Waals surface area contributed by atoms with E-state index in [2.05, 4.69) is 9.97 Å². The molecule has 0 fully saturated rings. The SMILES string of the molecule is O=C(COc1ccc(Cl)cc1Cl)N(Cc1ccccn1)c1nc2c(Cl)cccc2s1. The number of ether oxygens (including phenoxy) is 1. The van der Waals surface area contributed by atoms with Crippen molar-refractivity contribution in [1.82, 2.24) is 9.97 Å². The Morgan fingerprint density at radius 2 is 1.90 bits per heavy atom. The third kappa shape index (κ3) is 4.68. The average Bonchev–Trinajstić information content (AvgIpc) is 3.17. The number of hydrogen-bond acceptors (Lipinski definition) is 5. The fraction of sp³-hybridized carbons (Fsp3) is 0.0952. The van der Waals surface area contributed by atoms with Crippen molar-refractivity contribution in [3.8, 4) is 5.75 Å². The number of amides is 1. The van der Waals surface area contributed by atoms with Gasteiger partial charge in [0, 0.05) is 11.2 Å². The second kappa shape index (κ2) is 9.18. The summed E-state index contributed by atoms with van der Waals surface area (Å²) in [5.74, 6) is 0.0846. The third-order valence-corrected chi connectivity index (χ3v) is 6.06. The van der Waals surface area contributed by atoms with Crippen LogP contribution in [0.25, 0.3) is 10.2 Å². The summed E-state index contributed by atoms with van der Waals surface area (Å²) in [5.41, 5.74) is 1.38. The highest BCUT2D eigenvalue weighted by Gasteiger charge is 2.22. The first kappa shape index (κ1) is 20.9. The largest absolute Gasteiger partial charge is 0.482 e. The number of aromatic nitrogens is 2. The molecule has 2 aromatic carbocycles. The molecule has 0 saturated heterocycles. The standard InChI is InChI=1S/C21H14Cl3N3O2S/c22-13-7-8-17(16(24)10-13)29-12-19(28)27(11-14-4-1-2-9-25-14)21-26-20-15(23)5-3-6-18(20)30-21/h1-10H,11-12H2. The summed E-state index contributed by atoms with van der Waals surface area (Å²) >= 11 is 19.7. The Morgan fingerprint density at radius 1 is 1.03 bits per heavy atom. The van der Waals surface area contributed by atoms with Crippen LogP contribution in [-0.2, 0) is 11.3 Å². The predicted octanol–water partition coefficient (Wildman–Crippen LogP) is 6.26. The second-order valence-electron chi connectivity index (χ2n) is 6.25. The van der Waals surface area contributed by atoms with E-state index >= 15 is 0 Å². The average molecular weight is 479 g/mol. The van der Waals surface area contributed by atoms with Crippen molar-refractivity contribution in [1.29, 1.82) is 0 Å². The zero-order valence-corrected chi connectivity index (χ0v) is 18.5. The van der Waals surface area contributed by atoms with Crippen LogP contribution in [0, 0.1) is 0 Å². The number of carbonyl (C=O) groups excluding carboxylic acids is 1. The fourth-order valence-electron chi connectivity index (χ4n) is 2.74. The van der Waals surface area contributed by atoms with Gasteiger partial charge in [0.2, 0.25) is 0 Å². The highest BCUT2D eigenvalue weighted by Crippen LogP contribution is 2.34. The molecule has 2 aromatic heterocycles. The van der Waals surface area contributed by atoms with Crippen molar-refractivity contribution in [3.05, 3.63) is 81.6 Å². The number of pyridine rings is 1. The van der Waals surface area contributed by atoms with E-state index in [1.807, 2.05) is 30.3 Å². The summed E-state index contributed by atoms with van der Waals surface area (Å²) in [4.78, 5) is 23.5. The normalized spacial score (nSPS) is 10.9. The predicted molar refractivity (Wildman–Crippen MR) is 122 cm³/mol. The number of carbonyl (C=O) groups is 1. The molecule has 0 aliphatic heterocycles. The van der Waals surface area contributed by atoms with Gasteiger partial charge in [-0.05, 0) is 42.5 Å². The van der Waals surface area contributed by atoms with Gasteiger partial charge in [-0.1, -0.05) is 58.3 Å². The molecule has 4 aromatic rings. The number of halogens is 3. The zero-order valence-electron chi connectivity index (χ0n) is 15.4. The van der Waals surface area contributed by atoms with E-state index < -0.39 is 0 Å². The first-order chi connectivity index (χ1) is 14.5. The molecule has 4 rings (SSSR count). The van der Waals surface area contributed by atoms with E-state index in [9.17, 15) is 4.79 Å². The topological polar surface area (TPSA) is 55.3 Å². The summed E-state index contributed by atoms with van der Waals surface area (Å²) in [7, 11) is 0. The number of rotatable bonds is 6. The lowest BCUT2D eigenvalue weighted by molar-refractivity contribution is -0.120. The molecule has 152 valence electrons. The van der Waals surface area contributed by atoms with E-state index in [-0.39, 0.29) is 19.1 Å². The molecule has 0 aliphatic carbocycles. The molecular formula is C21H14Cl3N3O2S. The van der Waals surface area contributed by atoms with Gasteiger partial charge in [-0.15, -0.1) is 0 Å². The van der Waals surface area contributed by atoms with Gasteiger partial charge in [0.1, 0.15) is 11.3 Å².